The van der Waals surface area contributed by atoms with E-state index in [9.17, 15) is 22.4 Å². The Hall–Kier alpha value is -3.37. The van der Waals surface area contributed by atoms with Crippen LogP contribution in [0.15, 0.2) is 48.9 Å². The van der Waals surface area contributed by atoms with Gasteiger partial charge in [-0.25, -0.2) is 12.8 Å². The molecule has 2 fully saturated rings. The van der Waals surface area contributed by atoms with Crippen molar-refractivity contribution in [3.05, 3.63) is 76.9 Å². The molecule has 0 unspecified atom stereocenters. The van der Waals surface area contributed by atoms with Crippen molar-refractivity contribution in [2.24, 2.45) is 0 Å². The average Bonchev–Trinajstić information content (AvgIpc) is 3.20. The van der Waals surface area contributed by atoms with Crippen molar-refractivity contribution in [3.63, 3.8) is 0 Å². The predicted molar refractivity (Wildman–Crippen MR) is 149 cm³/mol. The number of aromatic nitrogens is 1. The van der Waals surface area contributed by atoms with Crippen LogP contribution in [0.1, 0.15) is 56.8 Å². The summed E-state index contributed by atoms with van der Waals surface area (Å²) in [5.74, 6) is -0.628. The third kappa shape index (κ3) is 5.03. The van der Waals surface area contributed by atoms with E-state index < -0.39 is 15.9 Å². The smallest absolute Gasteiger partial charge is 0.257 e. The fourth-order valence-electron chi connectivity index (χ4n) is 6.16. The summed E-state index contributed by atoms with van der Waals surface area (Å²) >= 11 is 0. The third-order valence-corrected chi connectivity index (χ3v) is 9.63. The van der Waals surface area contributed by atoms with Crippen LogP contribution >= 0.6 is 0 Å². The van der Waals surface area contributed by atoms with E-state index in [0.717, 1.165) is 30.0 Å². The summed E-state index contributed by atoms with van der Waals surface area (Å²) in [6, 6.07) is 7.81. The van der Waals surface area contributed by atoms with Crippen LogP contribution < -0.4 is 4.90 Å². The van der Waals surface area contributed by atoms with E-state index in [1.807, 2.05) is 24.3 Å². The van der Waals surface area contributed by atoms with E-state index in [-0.39, 0.29) is 43.3 Å². The highest BCUT2D eigenvalue weighted by atomic mass is 32.2. The lowest BCUT2D eigenvalue weighted by atomic mass is 9.73. The number of aryl methyl sites for hydroxylation is 1. The zero-order chi connectivity index (χ0) is 27.9. The molecular weight excluding hydrogens is 519 g/mol. The number of piperazine rings is 1. The molecule has 1 aromatic carbocycles. The molecule has 1 aromatic heterocycles. The fourth-order valence-corrected chi connectivity index (χ4v) is 6.99. The van der Waals surface area contributed by atoms with Crippen molar-refractivity contribution in [2.45, 2.75) is 31.6 Å². The van der Waals surface area contributed by atoms with Crippen LogP contribution in [0.2, 0.25) is 0 Å². The first-order valence-electron chi connectivity index (χ1n) is 13.2. The summed E-state index contributed by atoms with van der Waals surface area (Å²) in [5, 5.41) is 0. The van der Waals surface area contributed by atoms with Gasteiger partial charge in [0.05, 0.1) is 17.5 Å². The van der Waals surface area contributed by atoms with Crippen LogP contribution in [0.5, 0.6) is 0 Å². The number of halogens is 1. The highest BCUT2D eigenvalue weighted by molar-refractivity contribution is 7.88. The molecule has 0 saturated carbocycles. The minimum Gasteiger partial charge on any atom is -0.370 e. The van der Waals surface area contributed by atoms with Crippen molar-refractivity contribution >= 4 is 33.5 Å². The molecule has 3 aliphatic rings. The minimum absolute atomic E-state index is 0.166. The summed E-state index contributed by atoms with van der Waals surface area (Å²) < 4.78 is 39.8. The second kappa shape index (κ2) is 10.3. The van der Waals surface area contributed by atoms with Gasteiger partial charge in [0.1, 0.15) is 5.83 Å². The van der Waals surface area contributed by atoms with Gasteiger partial charge in [-0.2, -0.15) is 4.31 Å². The van der Waals surface area contributed by atoms with Crippen molar-refractivity contribution in [1.29, 1.82) is 0 Å². The van der Waals surface area contributed by atoms with Crippen molar-refractivity contribution in [2.75, 3.05) is 50.4 Å². The molecule has 1 spiro atoms. The number of Topliss-reactive ketones (excluding diaryl/α,β-unsaturated/α-hetero) is 1. The van der Waals surface area contributed by atoms with Gasteiger partial charge in [-0.15, -0.1) is 0 Å². The maximum atomic E-state index is 14.5. The molecule has 206 valence electrons. The largest absolute Gasteiger partial charge is 0.370 e. The van der Waals surface area contributed by atoms with Crippen LogP contribution in [-0.2, 0) is 15.4 Å². The number of rotatable bonds is 5. The Balaban J connectivity index is 1.48. The SMILES string of the molecule is C=C/C(F)=C\c1c(C)ncc(C(=O)N2CCN(S(C)(=O)=O)CC2)c1N1CCC2(CC1)CC(=O)c1ccccc12. The highest BCUT2D eigenvalue weighted by Crippen LogP contribution is 2.47. The second-order valence-electron chi connectivity index (χ2n) is 10.6. The van der Waals surface area contributed by atoms with Gasteiger partial charge in [0.15, 0.2) is 5.78 Å². The molecule has 0 atom stereocenters. The molecule has 2 aliphatic heterocycles. The summed E-state index contributed by atoms with van der Waals surface area (Å²) in [4.78, 5) is 34.7. The molecule has 2 saturated heterocycles. The normalized spacial score (nSPS) is 19.9. The lowest BCUT2D eigenvalue weighted by Crippen LogP contribution is -2.50. The van der Waals surface area contributed by atoms with E-state index >= 15 is 0 Å². The second-order valence-corrected chi connectivity index (χ2v) is 12.6. The summed E-state index contributed by atoms with van der Waals surface area (Å²) in [6.45, 7) is 7.43. The Bertz CT molecular complexity index is 1470. The standard InChI is InChI=1S/C29H33FN4O4S/c1-4-21(30)17-23-20(2)31-19-24(28(36)33-13-15-34(16-14-33)39(3,37)38)27(23)32-11-9-29(10-12-32)18-26(35)22-7-5-6-8-25(22)29/h4-8,17,19H,1,9-16,18H2,2-3H3/b21-17+. The lowest BCUT2D eigenvalue weighted by molar-refractivity contribution is 0.0698. The fraction of sp³-hybridized carbons (Fsp3) is 0.414. The molecule has 2 aromatic rings. The minimum atomic E-state index is -3.34. The van der Waals surface area contributed by atoms with Gasteiger partial charge in [-0.05, 0) is 37.5 Å². The zero-order valence-corrected chi connectivity index (χ0v) is 23.1. The van der Waals surface area contributed by atoms with Gasteiger partial charge in [0.25, 0.3) is 5.91 Å². The Kier molecular flexibility index (Phi) is 7.19. The molecule has 1 amide bonds. The molecule has 1 aliphatic carbocycles. The number of piperidine rings is 1. The Morgan fingerprint density at radius 1 is 1.10 bits per heavy atom. The molecule has 0 radical (unpaired) electrons. The number of amides is 1. The number of fused-ring (bicyclic) bond motifs is 2. The molecule has 39 heavy (non-hydrogen) atoms. The van der Waals surface area contributed by atoms with E-state index in [1.54, 1.807) is 11.8 Å². The van der Waals surface area contributed by atoms with Gasteiger partial charge in [0.2, 0.25) is 10.0 Å². The number of anilines is 1. The summed E-state index contributed by atoms with van der Waals surface area (Å²) in [5.41, 5.74) is 3.73. The highest BCUT2D eigenvalue weighted by Gasteiger charge is 2.45. The maximum Gasteiger partial charge on any atom is 0.257 e. The van der Waals surface area contributed by atoms with Gasteiger partial charge < -0.3 is 9.80 Å². The van der Waals surface area contributed by atoms with Crippen LogP contribution in [0.3, 0.4) is 0 Å². The lowest BCUT2D eigenvalue weighted by Gasteiger charge is -2.42. The van der Waals surface area contributed by atoms with E-state index in [2.05, 4.69) is 16.5 Å². The molecule has 5 rings (SSSR count). The summed E-state index contributed by atoms with van der Waals surface area (Å²) in [7, 11) is -3.34. The Morgan fingerprint density at radius 2 is 1.77 bits per heavy atom. The van der Waals surface area contributed by atoms with Gasteiger partial charge >= 0.3 is 0 Å². The van der Waals surface area contributed by atoms with E-state index in [4.69, 9.17) is 0 Å². The third-order valence-electron chi connectivity index (χ3n) is 8.32. The number of hydrogen-bond acceptors (Lipinski definition) is 6. The summed E-state index contributed by atoms with van der Waals surface area (Å²) in [6.07, 6.45) is 7.12. The van der Waals surface area contributed by atoms with Crippen molar-refractivity contribution in [3.8, 4) is 0 Å². The number of nitrogens with zero attached hydrogens (tertiary/aromatic N) is 4. The quantitative estimate of drug-likeness (QED) is 0.525. The van der Waals surface area contributed by atoms with Gasteiger partial charge in [-0.3, -0.25) is 14.6 Å². The molecular formula is C29H33FN4O4S. The maximum absolute atomic E-state index is 14.5. The molecule has 0 N–H and O–H groups in total. The monoisotopic (exact) mass is 552 g/mol. The van der Waals surface area contributed by atoms with Gasteiger partial charge in [-0.1, -0.05) is 30.8 Å². The van der Waals surface area contributed by atoms with Crippen LogP contribution in [0.25, 0.3) is 6.08 Å². The van der Waals surface area contributed by atoms with Crippen LogP contribution in [-0.4, -0.2) is 79.8 Å². The first-order valence-corrected chi connectivity index (χ1v) is 15.0. The van der Waals surface area contributed by atoms with Crippen molar-refractivity contribution in [1.82, 2.24) is 14.2 Å². The first-order chi connectivity index (χ1) is 18.5. The molecule has 10 heteroatoms. The number of carbonyl (C=O) groups is 2. The number of benzene rings is 1. The average molecular weight is 553 g/mol. The van der Waals surface area contributed by atoms with Crippen LogP contribution in [0.4, 0.5) is 10.1 Å². The molecule has 0 bridgehead atoms. The van der Waals surface area contributed by atoms with Gasteiger partial charge in [0, 0.05) is 74.1 Å². The number of hydrogen-bond donors (Lipinski definition) is 0. The van der Waals surface area contributed by atoms with Crippen LogP contribution in [0, 0.1) is 6.92 Å². The first kappa shape index (κ1) is 27.2. The Labute approximate surface area is 228 Å². The Morgan fingerprint density at radius 3 is 2.41 bits per heavy atom. The topological polar surface area (TPSA) is 90.9 Å². The number of allylic oxidation sites excluding steroid dienone is 2. The number of ketones is 1. The van der Waals surface area contributed by atoms with E-state index in [1.165, 1.54) is 22.8 Å². The zero-order valence-electron chi connectivity index (χ0n) is 22.3. The number of pyridine rings is 1. The number of carbonyl (C=O) groups excluding carboxylic acids is 2. The number of sulfonamides is 1. The van der Waals surface area contributed by atoms with Crippen molar-refractivity contribution < 1.29 is 22.4 Å². The van der Waals surface area contributed by atoms with E-state index in [0.29, 0.717) is 42.0 Å². The predicted octanol–water partition coefficient (Wildman–Crippen LogP) is 3.73. The molecule has 3 heterocycles. The molecule has 8 nitrogen and oxygen atoms in total.